The SMILES string of the molecule is O=C(CCNS(=O)(=O)/C=C/c1ccccc1)NCc1ccc(Cl)cc1Cl. The standard InChI is InChI=1S/C18H18Cl2N2O3S/c19-16-7-6-15(17(20)12-16)13-21-18(23)8-10-22-26(24,25)11-9-14-4-2-1-3-5-14/h1-7,9,11-12,22H,8,10,13H2,(H,21,23)/b11-9+. The van der Waals surface area contributed by atoms with Gasteiger partial charge in [0.1, 0.15) is 0 Å². The lowest BCUT2D eigenvalue weighted by atomic mass is 10.2. The van der Waals surface area contributed by atoms with E-state index in [0.717, 1.165) is 16.5 Å². The van der Waals surface area contributed by atoms with Crippen LogP contribution in [-0.4, -0.2) is 20.9 Å². The molecule has 0 aliphatic rings. The minimum absolute atomic E-state index is 0.00163. The average Bonchev–Trinajstić information content (AvgIpc) is 2.60. The molecule has 0 unspecified atom stereocenters. The van der Waals surface area contributed by atoms with Gasteiger partial charge in [-0.3, -0.25) is 4.79 Å². The summed E-state index contributed by atoms with van der Waals surface area (Å²) in [5, 5.41) is 4.74. The Morgan fingerprint density at radius 2 is 1.81 bits per heavy atom. The number of hydrogen-bond donors (Lipinski definition) is 2. The molecule has 0 saturated carbocycles. The molecular weight excluding hydrogens is 395 g/mol. The zero-order chi connectivity index (χ0) is 19.0. The van der Waals surface area contributed by atoms with Crippen LogP contribution in [0.1, 0.15) is 17.5 Å². The Labute approximate surface area is 163 Å². The molecule has 0 aromatic heterocycles. The number of hydrogen-bond acceptors (Lipinski definition) is 3. The molecule has 2 rings (SSSR count). The second-order valence-electron chi connectivity index (χ2n) is 5.42. The van der Waals surface area contributed by atoms with E-state index in [1.54, 1.807) is 30.3 Å². The van der Waals surface area contributed by atoms with Crippen LogP contribution in [0.15, 0.2) is 53.9 Å². The molecule has 0 heterocycles. The summed E-state index contributed by atoms with van der Waals surface area (Å²) in [6, 6.07) is 14.1. The van der Waals surface area contributed by atoms with Crippen LogP contribution in [0.2, 0.25) is 10.0 Å². The highest BCUT2D eigenvalue weighted by molar-refractivity contribution is 7.92. The third-order valence-corrected chi connectivity index (χ3v) is 5.07. The van der Waals surface area contributed by atoms with Gasteiger partial charge in [-0.1, -0.05) is 59.6 Å². The van der Waals surface area contributed by atoms with Gasteiger partial charge in [0.25, 0.3) is 0 Å². The van der Waals surface area contributed by atoms with Crippen LogP contribution in [0.25, 0.3) is 6.08 Å². The number of sulfonamides is 1. The second-order valence-corrected chi connectivity index (χ2v) is 7.91. The van der Waals surface area contributed by atoms with Crippen molar-refractivity contribution in [1.29, 1.82) is 0 Å². The highest BCUT2D eigenvalue weighted by Gasteiger charge is 2.08. The molecule has 0 saturated heterocycles. The van der Waals surface area contributed by atoms with Crippen LogP contribution in [0, 0.1) is 0 Å². The van der Waals surface area contributed by atoms with Crippen LogP contribution in [0.3, 0.4) is 0 Å². The maximum absolute atomic E-state index is 11.9. The summed E-state index contributed by atoms with van der Waals surface area (Å²) < 4.78 is 26.1. The normalized spacial score (nSPS) is 11.6. The Morgan fingerprint density at radius 3 is 2.50 bits per heavy atom. The van der Waals surface area contributed by atoms with Gasteiger partial charge in [-0.05, 0) is 29.3 Å². The zero-order valence-corrected chi connectivity index (χ0v) is 16.1. The van der Waals surface area contributed by atoms with Crippen molar-refractivity contribution in [2.24, 2.45) is 0 Å². The first kappa shape index (κ1) is 20.5. The molecule has 5 nitrogen and oxygen atoms in total. The van der Waals surface area contributed by atoms with Crippen LogP contribution >= 0.6 is 23.2 Å². The fourth-order valence-electron chi connectivity index (χ4n) is 2.03. The third kappa shape index (κ3) is 7.17. The van der Waals surface area contributed by atoms with Gasteiger partial charge in [0, 0.05) is 35.0 Å². The fourth-order valence-corrected chi connectivity index (χ4v) is 3.33. The first-order chi connectivity index (χ1) is 12.4. The lowest BCUT2D eigenvalue weighted by molar-refractivity contribution is -0.121. The molecule has 26 heavy (non-hydrogen) atoms. The Kier molecular flexibility index (Phi) is 7.66. The summed E-state index contributed by atoms with van der Waals surface area (Å²) in [5.74, 6) is -0.286. The van der Waals surface area contributed by atoms with E-state index in [-0.39, 0.29) is 25.4 Å². The predicted molar refractivity (Wildman–Crippen MR) is 105 cm³/mol. The fraction of sp³-hybridized carbons (Fsp3) is 0.167. The first-order valence-corrected chi connectivity index (χ1v) is 10.1. The van der Waals surface area contributed by atoms with Crippen LogP contribution in [0.5, 0.6) is 0 Å². The molecule has 138 valence electrons. The van der Waals surface area contributed by atoms with Crippen molar-refractivity contribution in [2.45, 2.75) is 13.0 Å². The van der Waals surface area contributed by atoms with Crippen molar-refractivity contribution in [3.8, 4) is 0 Å². The molecular formula is C18H18Cl2N2O3S. The van der Waals surface area contributed by atoms with Crippen LogP contribution in [0.4, 0.5) is 0 Å². The van der Waals surface area contributed by atoms with E-state index in [0.29, 0.717) is 10.0 Å². The Morgan fingerprint density at radius 1 is 1.08 bits per heavy atom. The second kappa shape index (κ2) is 9.73. The van der Waals surface area contributed by atoms with Crippen molar-refractivity contribution < 1.29 is 13.2 Å². The number of carbonyl (C=O) groups is 1. The summed E-state index contributed by atoms with van der Waals surface area (Å²) in [6.07, 6.45) is 1.51. The van der Waals surface area contributed by atoms with Crippen LogP contribution in [-0.2, 0) is 21.4 Å². The van der Waals surface area contributed by atoms with Crippen LogP contribution < -0.4 is 10.0 Å². The highest BCUT2D eigenvalue weighted by Crippen LogP contribution is 2.20. The maximum Gasteiger partial charge on any atom is 0.233 e. The van der Waals surface area contributed by atoms with Crippen molar-refractivity contribution in [1.82, 2.24) is 10.0 Å². The molecule has 2 N–H and O–H groups in total. The summed E-state index contributed by atoms with van der Waals surface area (Å²) >= 11 is 11.8. The first-order valence-electron chi connectivity index (χ1n) is 7.79. The maximum atomic E-state index is 11.9. The van der Waals surface area contributed by atoms with E-state index >= 15 is 0 Å². The van der Waals surface area contributed by atoms with E-state index in [1.807, 2.05) is 18.2 Å². The monoisotopic (exact) mass is 412 g/mol. The summed E-state index contributed by atoms with van der Waals surface area (Å²) in [5.41, 5.74) is 1.51. The molecule has 0 aliphatic heterocycles. The molecule has 0 atom stereocenters. The third-order valence-electron chi connectivity index (χ3n) is 3.39. The van der Waals surface area contributed by atoms with Crippen molar-refractivity contribution in [3.63, 3.8) is 0 Å². The van der Waals surface area contributed by atoms with Gasteiger partial charge < -0.3 is 5.32 Å². The minimum atomic E-state index is -3.60. The number of carbonyl (C=O) groups excluding carboxylic acids is 1. The number of nitrogens with one attached hydrogen (secondary N) is 2. The van der Waals surface area contributed by atoms with E-state index in [4.69, 9.17) is 23.2 Å². The van der Waals surface area contributed by atoms with Gasteiger partial charge in [-0.2, -0.15) is 0 Å². The lowest BCUT2D eigenvalue weighted by Gasteiger charge is -2.08. The minimum Gasteiger partial charge on any atom is -0.352 e. The molecule has 2 aromatic rings. The summed E-state index contributed by atoms with van der Waals surface area (Å²) in [7, 11) is -3.60. The quantitative estimate of drug-likeness (QED) is 0.695. The summed E-state index contributed by atoms with van der Waals surface area (Å²) in [6.45, 7) is 0.247. The predicted octanol–water partition coefficient (Wildman–Crippen LogP) is 3.59. The van der Waals surface area contributed by atoms with E-state index in [9.17, 15) is 13.2 Å². The largest absolute Gasteiger partial charge is 0.352 e. The Hall–Kier alpha value is -1.86. The lowest BCUT2D eigenvalue weighted by Crippen LogP contribution is -2.29. The molecule has 0 aliphatic carbocycles. The number of halogens is 2. The molecule has 2 aromatic carbocycles. The van der Waals surface area contributed by atoms with Crippen molar-refractivity contribution >= 4 is 45.2 Å². The van der Waals surface area contributed by atoms with Gasteiger partial charge in [-0.15, -0.1) is 0 Å². The van der Waals surface area contributed by atoms with E-state index < -0.39 is 10.0 Å². The van der Waals surface area contributed by atoms with Gasteiger partial charge >= 0.3 is 0 Å². The number of rotatable bonds is 8. The number of benzene rings is 2. The Bertz CT molecular complexity index is 885. The molecule has 8 heteroatoms. The topological polar surface area (TPSA) is 75.3 Å². The highest BCUT2D eigenvalue weighted by atomic mass is 35.5. The molecule has 1 amide bonds. The van der Waals surface area contributed by atoms with E-state index in [1.165, 1.54) is 6.08 Å². The molecule has 0 fully saturated rings. The van der Waals surface area contributed by atoms with Gasteiger partial charge in [0.2, 0.25) is 15.9 Å². The average molecular weight is 413 g/mol. The van der Waals surface area contributed by atoms with Gasteiger partial charge in [0.15, 0.2) is 0 Å². The van der Waals surface area contributed by atoms with E-state index in [2.05, 4.69) is 10.0 Å². The van der Waals surface area contributed by atoms with Gasteiger partial charge in [-0.25, -0.2) is 13.1 Å². The number of amides is 1. The summed E-state index contributed by atoms with van der Waals surface area (Å²) in [4.78, 5) is 11.8. The molecule has 0 radical (unpaired) electrons. The van der Waals surface area contributed by atoms with Crippen molar-refractivity contribution in [3.05, 3.63) is 75.1 Å². The smallest absolute Gasteiger partial charge is 0.233 e. The van der Waals surface area contributed by atoms with Gasteiger partial charge in [0.05, 0.1) is 0 Å². The van der Waals surface area contributed by atoms with Crippen molar-refractivity contribution in [2.75, 3.05) is 6.54 Å². The molecule has 0 bridgehead atoms. The molecule has 0 spiro atoms. The zero-order valence-electron chi connectivity index (χ0n) is 13.8. The Balaban J connectivity index is 1.76.